The van der Waals surface area contributed by atoms with E-state index in [9.17, 15) is 9.90 Å². The number of hydrogen-bond acceptors (Lipinski definition) is 4. The summed E-state index contributed by atoms with van der Waals surface area (Å²) in [5.74, 6) is 0.0714. The number of rotatable bonds is 1. The van der Waals surface area contributed by atoms with Crippen LogP contribution >= 0.6 is 0 Å². The molecule has 2 heterocycles. The Morgan fingerprint density at radius 2 is 2.25 bits per heavy atom. The molecule has 4 heteroatoms. The van der Waals surface area contributed by atoms with Gasteiger partial charge in [-0.15, -0.1) is 0 Å². The van der Waals surface area contributed by atoms with Gasteiger partial charge in [-0.05, 0) is 13.0 Å². The van der Waals surface area contributed by atoms with Crippen LogP contribution in [0.1, 0.15) is 18.9 Å². The summed E-state index contributed by atoms with van der Waals surface area (Å²) in [5.41, 5.74) is 0.883. The van der Waals surface area contributed by atoms with Crippen molar-refractivity contribution in [3.8, 4) is 0 Å². The van der Waals surface area contributed by atoms with Crippen molar-refractivity contribution in [1.29, 1.82) is 0 Å². The zero-order valence-electron chi connectivity index (χ0n) is 9.03. The second-order valence-electron chi connectivity index (χ2n) is 4.58. The van der Waals surface area contributed by atoms with Crippen molar-refractivity contribution in [3.63, 3.8) is 0 Å². The number of fused-ring (bicyclic) bond motifs is 3. The van der Waals surface area contributed by atoms with Crippen LogP contribution < -0.4 is 10.6 Å². The summed E-state index contributed by atoms with van der Waals surface area (Å²) in [7, 11) is 0. The zero-order chi connectivity index (χ0) is 11.3. The first kappa shape index (κ1) is 9.81. The molecule has 1 saturated heterocycles. The summed E-state index contributed by atoms with van der Waals surface area (Å²) >= 11 is 0. The Labute approximate surface area is 93.7 Å². The first-order chi connectivity index (χ1) is 7.61. The maximum atomic E-state index is 11.3. The van der Waals surface area contributed by atoms with Crippen molar-refractivity contribution in [2.75, 3.05) is 5.32 Å². The number of aliphatic hydroxyl groups is 1. The molecule has 0 spiro atoms. The van der Waals surface area contributed by atoms with E-state index in [4.69, 9.17) is 0 Å². The van der Waals surface area contributed by atoms with Crippen LogP contribution in [0.2, 0.25) is 0 Å². The molecule has 4 nitrogen and oxygen atoms in total. The molecule has 0 aromatic heterocycles. The van der Waals surface area contributed by atoms with Crippen LogP contribution in [0.5, 0.6) is 0 Å². The highest BCUT2D eigenvalue weighted by atomic mass is 16.3. The number of nitrogens with one attached hydrogen (secondary N) is 2. The number of Topliss-reactive ketones (excluding diaryl/α,β-unsaturated/α-hetero) is 1. The maximum Gasteiger partial charge on any atom is 0.146 e. The molecule has 0 amide bonds. The smallest absolute Gasteiger partial charge is 0.146 e. The van der Waals surface area contributed by atoms with Crippen LogP contribution in [0.4, 0.5) is 5.69 Å². The minimum atomic E-state index is -0.951. The third kappa shape index (κ3) is 1.14. The number of hydrogen-bond donors (Lipinski definition) is 3. The second-order valence-corrected chi connectivity index (χ2v) is 4.58. The molecule has 1 aromatic carbocycles. The molecule has 84 valence electrons. The van der Waals surface area contributed by atoms with E-state index in [1.807, 2.05) is 24.3 Å². The molecule has 3 N–H and O–H groups in total. The maximum absolute atomic E-state index is 11.3. The van der Waals surface area contributed by atoms with Gasteiger partial charge in [-0.1, -0.05) is 18.2 Å². The Kier molecular flexibility index (Phi) is 1.87. The lowest BCUT2D eigenvalue weighted by Crippen LogP contribution is -2.42. The third-order valence-corrected chi connectivity index (χ3v) is 3.54. The van der Waals surface area contributed by atoms with E-state index < -0.39 is 5.60 Å². The molecule has 0 radical (unpaired) electrons. The van der Waals surface area contributed by atoms with Crippen molar-refractivity contribution in [3.05, 3.63) is 29.8 Å². The highest BCUT2D eigenvalue weighted by Gasteiger charge is 2.53. The number of anilines is 1. The summed E-state index contributed by atoms with van der Waals surface area (Å²) in [6.45, 7) is 1.55. The Morgan fingerprint density at radius 3 is 3.00 bits per heavy atom. The second kappa shape index (κ2) is 3.06. The van der Waals surface area contributed by atoms with Gasteiger partial charge in [0.2, 0.25) is 0 Å². The monoisotopic (exact) mass is 218 g/mol. The number of ketones is 1. The van der Waals surface area contributed by atoms with Gasteiger partial charge >= 0.3 is 0 Å². The Balaban J connectivity index is 2.01. The number of para-hydroxylation sites is 1. The van der Waals surface area contributed by atoms with E-state index in [2.05, 4.69) is 10.6 Å². The highest BCUT2D eigenvalue weighted by molar-refractivity contribution is 5.83. The molecule has 16 heavy (non-hydrogen) atoms. The van der Waals surface area contributed by atoms with Crippen LogP contribution in [0.25, 0.3) is 0 Å². The van der Waals surface area contributed by atoms with Gasteiger partial charge in [-0.2, -0.15) is 0 Å². The average Bonchev–Trinajstić information content (AvgIpc) is 2.69. The molecular formula is C12H14N2O2. The van der Waals surface area contributed by atoms with Gasteiger partial charge in [0.05, 0.1) is 6.04 Å². The van der Waals surface area contributed by atoms with E-state index in [1.54, 1.807) is 6.92 Å². The Bertz CT molecular complexity index is 460. The van der Waals surface area contributed by atoms with E-state index in [1.165, 1.54) is 0 Å². The topological polar surface area (TPSA) is 61.4 Å². The van der Waals surface area contributed by atoms with E-state index >= 15 is 0 Å². The minimum Gasteiger partial charge on any atom is -0.381 e. The summed E-state index contributed by atoms with van der Waals surface area (Å²) in [4.78, 5) is 11.3. The van der Waals surface area contributed by atoms with Gasteiger partial charge < -0.3 is 10.4 Å². The van der Waals surface area contributed by atoms with Gasteiger partial charge in [0.15, 0.2) is 0 Å². The van der Waals surface area contributed by atoms with Crippen molar-refractivity contribution in [2.45, 2.75) is 31.2 Å². The standard InChI is InChI=1S/C12H14N2O2/c1-7(15)10-6-12(16)8-4-2-3-5-9(8)13-11(12)14-10/h2-5,10-11,13-14,16H,6H2,1H3/t10-,11-,12+/m0/s1. The SMILES string of the molecule is CC(=O)[C@@H]1C[C@@]2(O)c3ccccc3N[C@H]2N1. The molecular weight excluding hydrogens is 204 g/mol. The molecule has 3 atom stereocenters. The van der Waals surface area contributed by atoms with Crippen molar-refractivity contribution >= 4 is 11.5 Å². The first-order valence-corrected chi connectivity index (χ1v) is 5.46. The fraction of sp³-hybridized carbons (Fsp3) is 0.417. The zero-order valence-corrected chi connectivity index (χ0v) is 9.03. The largest absolute Gasteiger partial charge is 0.381 e. The van der Waals surface area contributed by atoms with Crippen LogP contribution in [0, 0.1) is 0 Å². The third-order valence-electron chi connectivity index (χ3n) is 3.54. The normalized spacial score (nSPS) is 35.4. The molecule has 2 aliphatic rings. The van der Waals surface area contributed by atoms with Crippen LogP contribution in [0.15, 0.2) is 24.3 Å². The molecule has 0 unspecified atom stereocenters. The van der Waals surface area contributed by atoms with Gasteiger partial charge in [-0.25, -0.2) is 0 Å². The lowest BCUT2D eigenvalue weighted by molar-refractivity contribution is -0.119. The van der Waals surface area contributed by atoms with E-state index in [0.29, 0.717) is 6.42 Å². The van der Waals surface area contributed by atoms with Crippen LogP contribution in [-0.4, -0.2) is 23.1 Å². The molecule has 0 bridgehead atoms. The van der Waals surface area contributed by atoms with E-state index in [-0.39, 0.29) is 18.0 Å². The van der Waals surface area contributed by atoms with E-state index in [0.717, 1.165) is 11.3 Å². The summed E-state index contributed by atoms with van der Waals surface area (Å²) in [6.07, 6.45) is 0.190. The fourth-order valence-electron chi connectivity index (χ4n) is 2.66. The van der Waals surface area contributed by atoms with Gasteiger partial charge in [0, 0.05) is 17.7 Å². The van der Waals surface area contributed by atoms with Crippen LogP contribution in [-0.2, 0) is 10.4 Å². The molecule has 0 aliphatic carbocycles. The summed E-state index contributed by atoms with van der Waals surface area (Å²) < 4.78 is 0. The van der Waals surface area contributed by atoms with Gasteiger partial charge in [0.25, 0.3) is 0 Å². The van der Waals surface area contributed by atoms with Gasteiger partial charge in [0.1, 0.15) is 17.6 Å². The van der Waals surface area contributed by atoms with Crippen molar-refractivity contribution in [1.82, 2.24) is 5.32 Å². The molecule has 2 aliphatic heterocycles. The minimum absolute atomic E-state index is 0.0714. The molecule has 0 saturated carbocycles. The highest BCUT2D eigenvalue weighted by Crippen LogP contribution is 2.44. The molecule has 3 rings (SSSR count). The van der Waals surface area contributed by atoms with Crippen LogP contribution in [0.3, 0.4) is 0 Å². The summed E-state index contributed by atoms with van der Waals surface area (Å²) in [6, 6.07) is 7.43. The lowest BCUT2D eigenvalue weighted by Gasteiger charge is -2.21. The number of carbonyl (C=O) groups is 1. The fourth-order valence-corrected chi connectivity index (χ4v) is 2.66. The molecule has 1 aromatic rings. The number of carbonyl (C=O) groups excluding carboxylic acids is 1. The predicted molar refractivity (Wildman–Crippen MR) is 60.0 cm³/mol. The molecule has 1 fully saturated rings. The van der Waals surface area contributed by atoms with Crippen molar-refractivity contribution < 1.29 is 9.90 Å². The lowest BCUT2D eigenvalue weighted by atomic mass is 9.90. The quantitative estimate of drug-likeness (QED) is 0.645. The first-order valence-electron chi connectivity index (χ1n) is 5.46. The number of benzene rings is 1. The predicted octanol–water partition coefficient (Wildman–Crippen LogP) is 0.577. The Morgan fingerprint density at radius 1 is 1.50 bits per heavy atom. The average molecular weight is 218 g/mol. The van der Waals surface area contributed by atoms with Crippen molar-refractivity contribution in [2.24, 2.45) is 0 Å². The van der Waals surface area contributed by atoms with Gasteiger partial charge in [-0.3, -0.25) is 10.1 Å². The summed E-state index contributed by atoms with van der Waals surface area (Å²) in [5, 5.41) is 17.0. The Hall–Kier alpha value is -1.39.